The number of allylic oxidation sites excluding steroid dienone is 1. The number of ether oxygens (including phenoxy) is 2. The summed E-state index contributed by atoms with van der Waals surface area (Å²) in [5, 5.41) is 16.1. The Hall–Kier alpha value is -2.64. The smallest absolute Gasteiger partial charge is 0.338 e. The summed E-state index contributed by atoms with van der Waals surface area (Å²) in [5.74, 6) is -0.378. The van der Waals surface area contributed by atoms with E-state index in [-0.39, 0.29) is 12.4 Å². The molecular weight excluding hydrogens is 364 g/mol. The Bertz CT molecular complexity index is 925. The number of nitrogens with zero attached hydrogens (tertiary/aromatic N) is 1. The number of methoxy groups -OCH3 is 1. The molecule has 1 atom stereocenters. The van der Waals surface area contributed by atoms with Crippen LogP contribution in [0.15, 0.2) is 47.7 Å². The summed E-state index contributed by atoms with van der Waals surface area (Å²) >= 11 is 5.42. The van der Waals surface area contributed by atoms with Gasteiger partial charge in [0.25, 0.3) is 0 Å². The Balaban J connectivity index is 2.14. The summed E-state index contributed by atoms with van der Waals surface area (Å²) in [6.07, 6.45) is 0. The van der Waals surface area contributed by atoms with Crippen LogP contribution in [-0.4, -0.2) is 48.5 Å². The van der Waals surface area contributed by atoms with E-state index in [4.69, 9.17) is 21.7 Å². The van der Waals surface area contributed by atoms with Crippen LogP contribution < -0.4 is 5.32 Å². The lowest BCUT2D eigenvalue weighted by Gasteiger charge is -2.36. The molecule has 1 aliphatic rings. The van der Waals surface area contributed by atoms with Gasteiger partial charge in [-0.05, 0) is 36.0 Å². The molecule has 0 bridgehead atoms. The Kier molecular flexibility index (Phi) is 5.62. The maximum Gasteiger partial charge on any atom is 0.338 e. The first kappa shape index (κ1) is 19.1. The lowest BCUT2D eigenvalue weighted by Crippen LogP contribution is -2.46. The minimum atomic E-state index is -0.616. The zero-order valence-corrected chi connectivity index (χ0v) is 16.3. The van der Waals surface area contributed by atoms with Crippen LogP contribution in [0.2, 0.25) is 0 Å². The molecular formula is C20H22N2O4S. The van der Waals surface area contributed by atoms with Crippen molar-refractivity contribution < 1.29 is 19.4 Å². The molecule has 0 spiro atoms. The van der Waals surface area contributed by atoms with E-state index in [0.717, 1.165) is 10.8 Å². The zero-order valence-electron chi connectivity index (χ0n) is 15.5. The molecule has 142 valence electrons. The van der Waals surface area contributed by atoms with Gasteiger partial charge in [-0.25, -0.2) is 4.79 Å². The summed E-state index contributed by atoms with van der Waals surface area (Å²) < 4.78 is 10.3. The van der Waals surface area contributed by atoms with Gasteiger partial charge in [0, 0.05) is 25.4 Å². The molecule has 0 fully saturated rings. The molecule has 1 aliphatic heterocycles. The number of carbonyl (C=O) groups is 1. The molecule has 2 N–H and O–H groups in total. The number of fused-ring (bicyclic) bond motifs is 1. The van der Waals surface area contributed by atoms with Gasteiger partial charge in [-0.2, -0.15) is 0 Å². The normalized spacial score (nSPS) is 17.2. The Morgan fingerprint density at radius 1 is 1.26 bits per heavy atom. The average Bonchev–Trinajstić information content (AvgIpc) is 2.66. The number of benzene rings is 2. The number of nitrogens with one attached hydrogen (secondary N) is 1. The molecule has 2 aromatic rings. The van der Waals surface area contributed by atoms with Crippen molar-refractivity contribution in [3.05, 3.63) is 53.2 Å². The zero-order chi connectivity index (χ0) is 19.6. The number of phenols is 1. The van der Waals surface area contributed by atoms with E-state index in [1.165, 1.54) is 0 Å². The fraction of sp³-hybridized carbons (Fsp3) is 0.300. The average molecular weight is 386 g/mol. The van der Waals surface area contributed by atoms with Gasteiger partial charge in [0.05, 0.1) is 18.2 Å². The van der Waals surface area contributed by atoms with Crippen molar-refractivity contribution in [3.8, 4) is 5.75 Å². The quantitative estimate of drug-likeness (QED) is 0.465. The van der Waals surface area contributed by atoms with Crippen LogP contribution in [-0.2, 0) is 14.3 Å². The molecule has 1 unspecified atom stereocenters. The standard InChI is InChI=1S/C20H22N2O4S/c1-12-16(19(24)26-11-10-25-3)18(21-20(27)22(12)2)17-14-7-5-4-6-13(14)8-9-15(17)23/h4-9,18,23H,10-11H2,1-3H3,(H,21,27). The van der Waals surface area contributed by atoms with Crippen molar-refractivity contribution in [1.82, 2.24) is 10.2 Å². The van der Waals surface area contributed by atoms with Crippen molar-refractivity contribution in [3.63, 3.8) is 0 Å². The summed E-state index contributed by atoms with van der Waals surface area (Å²) in [6.45, 7) is 2.27. The second-order valence-electron chi connectivity index (χ2n) is 6.29. The van der Waals surface area contributed by atoms with Crippen molar-refractivity contribution in [2.75, 3.05) is 27.4 Å². The molecule has 2 aromatic carbocycles. The van der Waals surface area contributed by atoms with Crippen molar-refractivity contribution in [2.24, 2.45) is 0 Å². The lowest BCUT2D eigenvalue weighted by atomic mass is 9.90. The van der Waals surface area contributed by atoms with E-state index < -0.39 is 12.0 Å². The van der Waals surface area contributed by atoms with Crippen LogP contribution in [0.5, 0.6) is 5.75 Å². The predicted molar refractivity (Wildman–Crippen MR) is 107 cm³/mol. The summed E-state index contributed by atoms with van der Waals surface area (Å²) in [5.41, 5.74) is 1.69. The first-order chi connectivity index (χ1) is 13.0. The molecule has 7 heteroatoms. The van der Waals surface area contributed by atoms with Crippen LogP contribution in [0.25, 0.3) is 10.8 Å². The van der Waals surface area contributed by atoms with E-state index in [1.54, 1.807) is 25.1 Å². The van der Waals surface area contributed by atoms with Gasteiger partial charge in [-0.1, -0.05) is 30.3 Å². The number of esters is 1. The van der Waals surface area contributed by atoms with E-state index in [1.807, 2.05) is 37.3 Å². The van der Waals surface area contributed by atoms with Crippen LogP contribution in [0.3, 0.4) is 0 Å². The van der Waals surface area contributed by atoms with E-state index in [9.17, 15) is 9.90 Å². The van der Waals surface area contributed by atoms with Gasteiger partial charge < -0.3 is 24.8 Å². The Morgan fingerprint density at radius 3 is 2.74 bits per heavy atom. The van der Waals surface area contributed by atoms with Crippen LogP contribution >= 0.6 is 12.2 Å². The van der Waals surface area contributed by atoms with Crippen molar-refractivity contribution >= 4 is 34.1 Å². The van der Waals surface area contributed by atoms with Gasteiger partial charge in [0.1, 0.15) is 12.4 Å². The second-order valence-corrected chi connectivity index (χ2v) is 6.68. The number of carbonyl (C=O) groups excluding carboxylic acids is 1. The van der Waals surface area contributed by atoms with Crippen molar-refractivity contribution in [1.29, 1.82) is 0 Å². The Labute approximate surface area is 163 Å². The number of aromatic hydroxyl groups is 1. The molecule has 0 saturated heterocycles. The second kappa shape index (κ2) is 7.94. The summed E-state index contributed by atoms with van der Waals surface area (Å²) in [6, 6.07) is 10.5. The molecule has 27 heavy (non-hydrogen) atoms. The van der Waals surface area contributed by atoms with Crippen LogP contribution in [0.1, 0.15) is 18.5 Å². The van der Waals surface area contributed by atoms with E-state index in [2.05, 4.69) is 5.32 Å². The Morgan fingerprint density at radius 2 is 2.00 bits per heavy atom. The maximum atomic E-state index is 12.8. The third-order valence-corrected chi connectivity index (χ3v) is 5.12. The molecule has 0 saturated carbocycles. The molecule has 0 radical (unpaired) electrons. The first-order valence-corrected chi connectivity index (χ1v) is 8.98. The first-order valence-electron chi connectivity index (χ1n) is 8.57. The van der Waals surface area contributed by atoms with Crippen LogP contribution in [0, 0.1) is 0 Å². The lowest BCUT2D eigenvalue weighted by molar-refractivity contribution is -0.140. The van der Waals surface area contributed by atoms with E-state index >= 15 is 0 Å². The third kappa shape index (κ3) is 3.61. The highest BCUT2D eigenvalue weighted by atomic mass is 32.1. The number of rotatable bonds is 5. The minimum absolute atomic E-state index is 0.0912. The fourth-order valence-corrected chi connectivity index (χ4v) is 3.45. The highest BCUT2D eigenvalue weighted by molar-refractivity contribution is 7.80. The van der Waals surface area contributed by atoms with Crippen molar-refractivity contribution in [2.45, 2.75) is 13.0 Å². The van der Waals surface area contributed by atoms with Gasteiger partial charge >= 0.3 is 5.97 Å². The predicted octanol–water partition coefficient (Wildman–Crippen LogP) is 2.87. The third-order valence-electron chi connectivity index (χ3n) is 4.73. The summed E-state index contributed by atoms with van der Waals surface area (Å²) in [4.78, 5) is 14.6. The van der Waals surface area contributed by atoms with Crippen LogP contribution in [0.4, 0.5) is 0 Å². The van der Waals surface area contributed by atoms with Gasteiger partial charge in [0.15, 0.2) is 5.11 Å². The topological polar surface area (TPSA) is 71.0 Å². The van der Waals surface area contributed by atoms with Gasteiger partial charge in [-0.3, -0.25) is 0 Å². The molecule has 3 rings (SSSR count). The number of phenolic OH excluding ortho intramolecular Hbond substituents is 1. The monoisotopic (exact) mass is 386 g/mol. The van der Waals surface area contributed by atoms with E-state index in [0.29, 0.717) is 28.6 Å². The highest BCUT2D eigenvalue weighted by Crippen LogP contribution is 2.39. The molecule has 0 aliphatic carbocycles. The number of thiocarbonyl (C=S) groups is 1. The maximum absolute atomic E-state index is 12.8. The largest absolute Gasteiger partial charge is 0.508 e. The van der Waals surface area contributed by atoms with Gasteiger partial charge in [-0.15, -0.1) is 0 Å². The number of hydrogen-bond acceptors (Lipinski definition) is 5. The van der Waals surface area contributed by atoms with Gasteiger partial charge in [0.2, 0.25) is 0 Å². The molecule has 6 nitrogen and oxygen atoms in total. The minimum Gasteiger partial charge on any atom is -0.508 e. The SMILES string of the molecule is COCCOC(=O)C1=C(C)N(C)C(=S)NC1c1c(O)ccc2ccccc12. The molecule has 0 amide bonds. The molecule has 1 heterocycles. The number of hydrogen-bond donors (Lipinski definition) is 2. The highest BCUT2D eigenvalue weighted by Gasteiger charge is 2.35. The fourth-order valence-electron chi connectivity index (χ4n) is 3.20. The molecule has 0 aromatic heterocycles. The summed E-state index contributed by atoms with van der Waals surface area (Å²) in [7, 11) is 3.33.